The van der Waals surface area contributed by atoms with Gasteiger partial charge in [0.05, 0.1) is 0 Å². The first-order valence-corrected chi connectivity index (χ1v) is 7.17. The largest absolute Gasteiger partial charge is 0.365 e. The molecule has 3 heteroatoms. The van der Waals surface area contributed by atoms with Gasteiger partial charge in [-0.3, -0.25) is 4.79 Å². The fourth-order valence-electron chi connectivity index (χ4n) is 2.67. The van der Waals surface area contributed by atoms with E-state index in [0.29, 0.717) is 24.3 Å². The quantitative estimate of drug-likeness (QED) is 0.834. The Bertz CT molecular complexity index is 416. The SMILES string of the molecule is CC(C)CC(=O)N1CCN(c2ccccc2)C(C)C1. The normalized spacial score (nSPS) is 19.9. The van der Waals surface area contributed by atoms with Crippen LogP contribution in [-0.2, 0) is 4.79 Å². The second-order valence-corrected chi connectivity index (χ2v) is 5.82. The lowest BCUT2D eigenvalue weighted by Gasteiger charge is -2.41. The van der Waals surface area contributed by atoms with Crippen molar-refractivity contribution in [3.8, 4) is 0 Å². The van der Waals surface area contributed by atoms with Gasteiger partial charge in [0, 0.05) is 37.8 Å². The predicted octanol–water partition coefficient (Wildman–Crippen LogP) is 2.77. The van der Waals surface area contributed by atoms with Gasteiger partial charge in [0.25, 0.3) is 0 Å². The maximum atomic E-state index is 12.1. The molecule has 104 valence electrons. The van der Waals surface area contributed by atoms with Crippen molar-refractivity contribution in [2.24, 2.45) is 5.92 Å². The fraction of sp³-hybridized carbons (Fsp3) is 0.562. The van der Waals surface area contributed by atoms with Gasteiger partial charge < -0.3 is 9.80 Å². The zero-order chi connectivity index (χ0) is 13.8. The van der Waals surface area contributed by atoms with Crippen molar-refractivity contribution >= 4 is 11.6 Å². The molecule has 1 aromatic carbocycles. The first-order chi connectivity index (χ1) is 9.08. The monoisotopic (exact) mass is 260 g/mol. The van der Waals surface area contributed by atoms with Crippen LogP contribution in [0.5, 0.6) is 0 Å². The van der Waals surface area contributed by atoms with Crippen LogP contribution < -0.4 is 4.90 Å². The van der Waals surface area contributed by atoms with E-state index in [2.05, 4.69) is 49.9 Å². The van der Waals surface area contributed by atoms with E-state index in [9.17, 15) is 4.79 Å². The van der Waals surface area contributed by atoms with Gasteiger partial charge in [-0.2, -0.15) is 0 Å². The van der Waals surface area contributed by atoms with E-state index < -0.39 is 0 Å². The molecular weight excluding hydrogens is 236 g/mol. The molecule has 0 saturated carbocycles. The topological polar surface area (TPSA) is 23.6 Å². The summed E-state index contributed by atoms with van der Waals surface area (Å²) >= 11 is 0. The third-order valence-electron chi connectivity index (χ3n) is 3.65. The summed E-state index contributed by atoms with van der Waals surface area (Å²) in [6, 6.07) is 10.8. The number of nitrogens with zero attached hydrogens (tertiary/aromatic N) is 2. The number of anilines is 1. The van der Waals surface area contributed by atoms with E-state index in [1.807, 2.05) is 11.0 Å². The Morgan fingerprint density at radius 3 is 2.53 bits per heavy atom. The summed E-state index contributed by atoms with van der Waals surface area (Å²) in [6.07, 6.45) is 0.665. The Balaban J connectivity index is 1.97. The third-order valence-corrected chi connectivity index (χ3v) is 3.65. The Morgan fingerprint density at radius 2 is 1.95 bits per heavy atom. The molecule has 0 aromatic heterocycles. The van der Waals surface area contributed by atoms with Crippen molar-refractivity contribution in [2.75, 3.05) is 24.5 Å². The predicted molar refractivity (Wildman–Crippen MR) is 79.3 cm³/mol. The van der Waals surface area contributed by atoms with Crippen molar-refractivity contribution in [3.05, 3.63) is 30.3 Å². The van der Waals surface area contributed by atoms with Gasteiger partial charge in [0.1, 0.15) is 0 Å². The number of piperazine rings is 1. The molecular formula is C16H24N2O. The van der Waals surface area contributed by atoms with Gasteiger partial charge in [-0.25, -0.2) is 0 Å². The molecule has 0 aliphatic carbocycles. The average Bonchev–Trinajstić information content (AvgIpc) is 2.38. The van der Waals surface area contributed by atoms with Crippen LogP contribution in [0, 0.1) is 5.92 Å². The number of hydrogen-bond acceptors (Lipinski definition) is 2. The standard InChI is InChI=1S/C16H24N2O/c1-13(2)11-16(19)17-9-10-18(14(3)12-17)15-7-5-4-6-8-15/h4-8,13-14H,9-12H2,1-3H3. The Labute approximate surface area is 116 Å². The van der Waals surface area contributed by atoms with Crippen LogP contribution in [-0.4, -0.2) is 36.5 Å². The number of amides is 1. The lowest BCUT2D eigenvalue weighted by atomic mass is 10.1. The molecule has 0 radical (unpaired) electrons. The van der Waals surface area contributed by atoms with Gasteiger partial charge in [-0.1, -0.05) is 32.0 Å². The van der Waals surface area contributed by atoms with Crippen LogP contribution in [0.15, 0.2) is 30.3 Å². The summed E-state index contributed by atoms with van der Waals surface area (Å²) in [4.78, 5) is 16.5. The summed E-state index contributed by atoms with van der Waals surface area (Å²) in [6.45, 7) is 8.99. The maximum absolute atomic E-state index is 12.1. The smallest absolute Gasteiger partial charge is 0.222 e. The molecule has 1 aliphatic heterocycles. The highest BCUT2D eigenvalue weighted by Crippen LogP contribution is 2.20. The lowest BCUT2D eigenvalue weighted by Crippen LogP contribution is -2.53. The summed E-state index contributed by atoms with van der Waals surface area (Å²) in [5.41, 5.74) is 1.26. The molecule has 1 fully saturated rings. The zero-order valence-corrected chi connectivity index (χ0v) is 12.2. The summed E-state index contributed by atoms with van der Waals surface area (Å²) in [7, 11) is 0. The van der Waals surface area contributed by atoms with Crippen LogP contribution in [0.1, 0.15) is 27.2 Å². The Morgan fingerprint density at radius 1 is 1.26 bits per heavy atom. The Kier molecular flexibility index (Phi) is 4.46. The van der Waals surface area contributed by atoms with Crippen molar-refractivity contribution in [2.45, 2.75) is 33.2 Å². The van der Waals surface area contributed by atoms with E-state index in [4.69, 9.17) is 0 Å². The number of rotatable bonds is 3. The van der Waals surface area contributed by atoms with E-state index in [-0.39, 0.29) is 0 Å². The highest BCUT2D eigenvalue weighted by Gasteiger charge is 2.26. The van der Waals surface area contributed by atoms with E-state index in [0.717, 1.165) is 19.6 Å². The highest BCUT2D eigenvalue weighted by molar-refractivity contribution is 5.76. The van der Waals surface area contributed by atoms with Crippen molar-refractivity contribution < 1.29 is 4.79 Å². The van der Waals surface area contributed by atoms with Crippen LogP contribution in [0.25, 0.3) is 0 Å². The highest BCUT2D eigenvalue weighted by atomic mass is 16.2. The molecule has 3 nitrogen and oxygen atoms in total. The van der Waals surface area contributed by atoms with Crippen LogP contribution in [0.2, 0.25) is 0 Å². The molecule has 1 saturated heterocycles. The van der Waals surface area contributed by atoms with Gasteiger partial charge in [-0.05, 0) is 25.0 Å². The molecule has 0 bridgehead atoms. The van der Waals surface area contributed by atoms with E-state index >= 15 is 0 Å². The average molecular weight is 260 g/mol. The molecule has 2 rings (SSSR count). The van der Waals surface area contributed by atoms with Gasteiger partial charge >= 0.3 is 0 Å². The number of benzene rings is 1. The number of carbonyl (C=O) groups excluding carboxylic acids is 1. The summed E-state index contributed by atoms with van der Waals surface area (Å²) < 4.78 is 0. The second kappa shape index (κ2) is 6.09. The first kappa shape index (κ1) is 13.9. The minimum absolute atomic E-state index is 0.301. The van der Waals surface area contributed by atoms with Crippen molar-refractivity contribution in [1.29, 1.82) is 0 Å². The van der Waals surface area contributed by atoms with Gasteiger partial charge in [0.2, 0.25) is 5.91 Å². The van der Waals surface area contributed by atoms with E-state index in [1.54, 1.807) is 0 Å². The summed E-state index contributed by atoms with van der Waals surface area (Å²) in [5, 5.41) is 0. The second-order valence-electron chi connectivity index (χ2n) is 5.82. The summed E-state index contributed by atoms with van der Waals surface area (Å²) in [5.74, 6) is 0.740. The van der Waals surface area contributed by atoms with Crippen molar-refractivity contribution in [3.63, 3.8) is 0 Å². The van der Waals surface area contributed by atoms with Crippen LogP contribution in [0.4, 0.5) is 5.69 Å². The fourth-order valence-corrected chi connectivity index (χ4v) is 2.67. The molecule has 0 N–H and O–H groups in total. The molecule has 1 heterocycles. The molecule has 19 heavy (non-hydrogen) atoms. The molecule has 1 unspecified atom stereocenters. The number of para-hydroxylation sites is 1. The van der Waals surface area contributed by atoms with Crippen LogP contribution in [0.3, 0.4) is 0 Å². The number of hydrogen-bond donors (Lipinski definition) is 0. The molecule has 1 atom stereocenters. The molecule has 1 aromatic rings. The minimum atomic E-state index is 0.301. The zero-order valence-electron chi connectivity index (χ0n) is 12.2. The minimum Gasteiger partial charge on any atom is -0.365 e. The van der Waals surface area contributed by atoms with Gasteiger partial charge in [0.15, 0.2) is 0 Å². The lowest BCUT2D eigenvalue weighted by molar-refractivity contribution is -0.132. The molecule has 0 spiro atoms. The number of carbonyl (C=O) groups is 1. The van der Waals surface area contributed by atoms with Gasteiger partial charge in [-0.15, -0.1) is 0 Å². The van der Waals surface area contributed by atoms with Crippen LogP contribution >= 0.6 is 0 Å². The molecule has 1 amide bonds. The van der Waals surface area contributed by atoms with Crippen molar-refractivity contribution in [1.82, 2.24) is 4.90 Å². The molecule has 1 aliphatic rings. The first-order valence-electron chi connectivity index (χ1n) is 7.17. The third kappa shape index (κ3) is 3.49. The van der Waals surface area contributed by atoms with E-state index in [1.165, 1.54) is 5.69 Å². The Hall–Kier alpha value is -1.51. The maximum Gasteiger partial charge on any atom is 0.222 e.